The number of methoxy groups -OCH3 is 1. The van der Waals surface area contributed by atoms with E-state index < -0.39 is 12.5 Å². The lowest BCUT2D eigenvalue weighted by Gasteiger charge is -2.16. The fourth-order valence-electron chi connectivity index (χ4n) is 4.31. The van der Waals surface area contributed by atoms with Gasteiger partial charge in [0.2, 0.25) is 0 Å². The molecule has 3 aromatic rings. The number of amides is 1. The second-order valence-corrected chi connectivity index (χ2v) is 9.74. The molecule has 0 saturated heterocycles. The molecule has 35 heavy (non-hydrogen) atoms. The zero-order valence-corrected chi connectivity index (χ0v) is 20.7. The molecule has 2 heterocycles. The highest BCUT2D eigenvalue weighted by molar-refractivity contribution is 6.01. The van der Waals surface area contributed by atoms with Crippen molar-refractivity contribution in [3.05, 3.63) is 47.8 Å². The Bertz CT molecular complexity index is 1190. The van der Waals surface area contributed by atoms with Gasteiger partial charge in [-0.3, -0.25) is 9.20 Å². The zero-order valence-electron chi connectivity index (χ0n) is 20.7. The summed E-state index contributed by atoms with van der Waals surface area (Å²) in [7, 11) is 1.40. The Morgan fingerprint density at radius 3 is 2.57 bits per heavy atom. The van der Waals surface area contributed by atoms with Crippen LogP contribution < -0.4 is 14.8 Å². The van der Waals surface area contributed by atoms with Crippen LogP contribution in [0.3, 0.4) is 0 Å². The number of carbonyl (C=O) groups is 1. The largest absolute Gasteiger partial charge is 0.496 e. The van der Waals surface area contributed by atoms with Gasteiger partial charge < -0.3 is 14.8 Å². The third-order valence-electron chi connectivity index (χ3n) is 6.46. The van der Waals surface area contributed by atoms with Gasteiger partial charge in [-0.2, -0.15) is 8.78 Å². The molecule has 1 aliphatic carbocycles. The predicted molar refractivity (Wildman–Crippen MR) is 131 cm³/mol. The van der Waals surface area contributed by atoms with Crippen LogP contribution in [0, 0.1) is 5.92 Å². The molecular formula is C27H33F2N3O3. The van der Waals surface area contributed by atoms with Crippen molar-refractivity contribution in [3.8, 4) is 22.8 Å². The highest BCUT2D eigenvalue weighted by Crippen LogP contribution is 2.37. The topological polar surface area (TPSA) is 64.9 Å². The van der Waals surface area contributed by atoms with E-state index in [1.54, 1.807) is 12.3 Å². The van der Waals surface area contributed by atoms with E-state index in [2.05, 4.69) is 43.2 Å². The molecule has 1 fully saturated rings. The fraction of sp³-hybridized carbons (Fsp3) is 0.481. The smallest absolute Gasteiger partial charge is 0.387 e. The van der Waals surface area contributed by atoms with Crippen molar-refractivity contribution in [2.45, 2.75) is 71.4 Å². The number of carbonyl (C=O) groups excluding carboxylic acids is 1. The molecule has 0 spiro atoms. The number of rotatable bonds is 11. The molecule has 1 amide bonds. The van der Waals surface area contributed by atoms with Crippen molar-refractivity contribution in [1.82, 2.24) is 14.7 Å². The van der Waals surface area contributed by atoms with Crippen LogP contribution in [0.15, 0.2) is 36.7 Å². The number of benzene rings is 1. The van der Waals surface area contributed by atoms with Crippen LogP contribution in [-0.2, 0) is 0 Å². The number of aromatic nitrogens is 2. The number of halogens is 2. The predicted octanol–water partition coefficient (Wildman–Crippen LogP) is 6.43. The van der Waals surface area contributed by atoms with E-state index in [1.165, 1.54) is 31.6 Å². The Morgan fingerprint density at radius 2 is 1.91 bits per heavy atom. The second-order valence-electron chi connectivity index (χ2n) is 9.74. The number of nitrogens with zero attached hydrogens (tertiary/aromatic N) is 2. The summed E-state index contributed by atoms with van der Waals surface area (Å²) in [6.07, 6.45) is 8.87. The quantitative estimate of drug-likeness (QED) is 0.340. The van der Waals surface area contributed by atoms with Gasteiger partial charge >= 0.3 is 6.61 Å². The number of pyridine rings is 1. The lowest BCUT2D eigenvalue weighted by Crippen LogP contribution is -2.26. The lowest BCUT2D eigenvalue weighted by atomic mass is 9.94. The van der Waals surface area contributed by atoms with Crippen molar-refractivity contribution < 1.29 is 23.0 Å². The van der Waals surface area contributed by atoms with Crippen molar-refractivity contribution in [2.24, 2.45) is 5.92 Å². The molecule has 188 valence electrons. The van der Waals surface area contributed by atoms with E-state index >= 15 is 0 Å². The first-order chi connectivity index (χ1) is 16.8. The van der Waals surface area contributed by atoms with E-state index in [4.69, 9.17) is 9.47 Å². The van der Waals surface area contributed by atoms with Crippen molar-refractivity contribution >= 4 is 11.6 Å². The first-order valence-corrected chi connectivity index (χ1v) is 12.2. The maximum absolute atomic E-state index is 13.2. The average molecular weight is 486 g/mol. The average Bonchev–Trinajstić information content (AvgIpc) is 3.52. The monoisotopic (exact) mass is 485 g/mol. The van der Waals surface area contributed by atoms with Gasteiger partial charge in [0.05, 0.1) is 19.0 Å². The molecule has 1 unspecified atom stereocenters. The Balaban J connectivity index is 1.67. The molecule has 1 atom stereocenters. The molecule has 4 rings (SSSR count). The summed E-state index contributed by atoms with van der Waals surface area (Å²) in [4.78, 5) is 17.3. The maximum atomic E-state index is 13.2. The van der Waals surface area contributed by atoms with Crippen LogP contribution in [-0.4, -0.2) is 35.1 Å². The molecule has 0 bridgehead atoms. The normalized spacial score (nSPS) is 14.5. The molecule has 1 aromatic carbocycles. The number of alkyl halides is 2. The number of hydrogen-bond acceptors (Lipinski definition) is 4. The van der Waals surface area contributed by atoms with Crippen molar-refractivity contribution in [2.75, 3.05) is 7.11 Å². The molecule has 6 nitrogen and oxygen atoms in total. The highest BCUT2D eigenvalue weighted by atomic mass is 19.3. The van der Waals surface area contributed by atoms with Crippen molar-refractivity contribution in [3.63, 3.8) is 0 Å². The van der Waals surface area contributed by atoms with Gasteiger partial charge in [-0.15, -0.1) is 0 Å². The fourth-order valence-corrected chi connectivity index (χ4v) is 4.31. The Morgan fingerprint density at radius 1 is 1.17 bits per heavy atom. The first-order valence-electron chi connectivity index (χ1n) is 12.2. The second kappa shape index (κ2) is 10.6. The number of hydrogen-bond donors (Lipinski definition) is 1. The molecule has 1 N–H and O–H groups in total. The number of fused-ring (bicyclic) bond motifs is 1. The molecule has 1 aliphatic rings. The Labute approximate surface area is 204 Å². The summed E-state index contributed by atoms with van der Waals surface area (Å²) < 4.78 is 38.6. The third-order valence-corrected chi connectivity index (χ3v) is 6.46. The van der Waals surface area contributed by atoms with E-state index in [-0.39, 0.29) is 23.1 Å². The minimum absolute atomic E-state index is 0.0326. The van der Waals surface area contributed by atoms with Gasteiger partial charge in [-0.1, -0.05) is 33.6 Å². The first kappa shape index (κ1) is 24.9. The number of imidazole rings is 1. The minimum atomic E-state index is -3.08. The lowest BCUT2D eigenvalue weighted by molar-refractivity contribution is -0.0502. The summed E-state index contributed by atoms with van der Waals surface area (Å²) in [5.74, 6) is 0.566. The molecule has 0 radical (unpaired) electrons. The summed E-state index contributed by atoms with van der Waals surface area (Å²) in [5.41, 5.74) is 3.19. The third kappa shape index (κ3) is 5.92. The van der Waals surface area contributed by atoms with E-state index in [1.807, 2.05) is 10.6 Å². The SMILES string of the molecule is COc1cc(-c2cnc3cc(C(C)CCCC(C)C)ccn23)cc(OC(F)F)c1C(=O)NC1CC1. The number of ether oxygens (including phenoxy) is 2. The van der Waals surface area contributed by atoms with Gasteiger partial charge in [0, 0.05) is 17.8 Å². The summed E-state index contributed by atoms with van der Waals surface area (Å²) in [6.45, 7) is 3.62. The summed E-state index contributed by atoms with van der Waals surface area (Å²) >= 11 is 0. The van der Waals surface area contributed by atoms with Crippen LogP contribution in [0.1, 0.15) is 74.7 Å². The summed E-state index contributed by atoms with van der Waals surface area (Å²) in [6, 6.07) is 7.30. The summed E-state index contributed by atoms with van der Waals surface area (Å²) in [5, 5.41) is 2.82. The van der Waals surface area contributed by atoms with Crippen LogP contribution in [0.4, 0.5) is 8.78 Å². The van der Waals surface area contributed by atoms with Crippen LogP contribution in [0.25, 0.3) is 16.9 Å². The molecule has 0 aliphatic heterocycles. The minimum Gasteiger partial charge on any atom is -0.496 e. The van der Waals surface area contributed by atoms with Crippen LogP contribution >= 0.6 is 0 Å². The molecule has 8 heteroatoms. The zero-order chi connectivity index (χ0) is 25.1. The van der Waals surface area contributed by atoms with Crippen molar-refractivity contribution in [1.29, 1.82) is 0 Å². The van der Waals surface area contributed by atoms with Gasteiger partial charge in [-0.25, -0.2) is 4.98 Å². The van der Waals surface area contributed by atoms with E-state index in [0.29, 0.717) is 23.1 Å². The standard InChI is InChI=1S/C27H33F2N3O3/c1-16(2)6-5-7-17(3)18-10-11-32-21(15-30-24(32)14-18)19-12-22(34-4)25(23(13-19)35-27(28)29)26(33)31-20-8-9-20/h10-17,20,27H,5-9H2,1-4H3,(H,31,33). The Kier molecular flexibility index (Phi) is 7.57. The van der Waals surface area contributed by atoms with Gasteiger partial charge in [0.15, 0.2) is 0 Å². The van der Waals surface area contributed by atoms with Crippen LogP contribution in [0.2, 0.25) is 0 Å². The molecule has 2 aromatic heterocycles. The van der Waals surface area contributed by atoms with Gasteiger partial charge in [0.1, 0.15) is 22.7 Å². The maximum Gasteiger partial charge on any atom is 0.387 e. The molecule has 1 saturated carbocycles. The number of nitrogens with one attached hydrogen (secondary N) is 1. The van der Waals surface area contributed by atoms with Gasteiger partial charge in [0.25, 0.3) is 5.91 Å². The van der Waals surface area contributed by atoms with Gasteiger partial charge in [-0.05, 0) is 60.9 Å². The highest BCUT2D eigenvalue weighted by Gasteiger charge is 2.29. The van der Waals surface area contributed by atoms with E-state index in [0.717, 1.165) is 24.9 Å². The van der Waals surface area contributed by atoms with Crippen LogP contribution in [0.5, 0.6) is 11.5 Å². The van der Waals surface area contributed by atoms with E-state index in [9.17, 15) is 13.6 Å². The Hall–Kier alpha value is -3.16. The molecular weight excluding hydrogens is 452 g/mol.